The minimum Gasteiger partial charge on any atom is -0.490 e. The van der Waals surface area contributed by atoms with Gasteiger partial charge in [0.2, 0.25) is 0 Å². The number of fused-ring (bicyclic) bond motifs is 2. The first-order chi connectivity index (χ1) is 12.9. The van der Waals surface area contributed by atoms with Crippen molar-refractivity contribution in [3.8, 4) is 11.5 Å². The largest absolute Gasteiger partial charge is 0.490 e. The van der Waals surface area contributed by atoms with Gasteiger partial charge in [-0.05, 0) is 13.8 Å². The maximum atomic E-state index is 6.13. The van der Waals surface area contributed by atoms with Crippen molar-refractivity contribution in [1.82, 2.24) is 0 Å². The molecule has 0 unspecified atom stereocenters. The SMILES string of the molecule is CCOCCOc1c2ccccc2c(OCCOCC)c2ccccc12. The van der Waals surface area contributed by atoms with Crippen molar-refractivity contribution in [2.45, 2.75) is 13.8 Å². The molecular formula is C22H26O4. The smallest absolute Gasteiger partial charge is 0.135 e. The van der Waals surface area contributed by atoms with E-state index in [9.17, 15) is 0 Å². The summed E-state index contributed by atoms with van der Waals surface area (Å²) in [5, 5.41) is 4.20. The molecule has 0 heterocycles. The summed E-state index contributed by atoms with van der Waals surface area (Å²) in [6.07, 6.45) is 0. The van der Waals surface area contributed by atoms with E-state index in [2.05, 4.69) is 24.3 Å². The van der Waals surface area contributed by atoms with Gasteiger partial charge in [-0.2, -0.15) is 0 Å². The first-order valence-electron chi connectivity index (χ1n) is 9.21. The topological polar surface area (TPSA) is 36.9 Å². The van der Waals surface area contributed by atoms with Gasteiger partial charge in [0.25, 0.3) is 0 Å². The van der Waals surface area contributed by atoms with Crippen LogP contribution in [0.25, 0.3) is 21.5 Å². The monoisotopic (exact) mass is 354 g/mol. The minimum absolute atomic E-state index is 0.520. The number of rotatable bonds is 10. The van der Waals surface area contributed by atoms with Crippen molar-refractivity contribution in [3.63, 3.8) is 0 Å². The maximum Gasteiger partial charge on any atom is 0.135 e. The summed E-state index contributed by atoms with van der Waals surface area (Å²) in [7, 11) is 0. The van der Waals surface area contributed by atoms with Crippen LogP contribution in [0.4, 0.5) is 0 Å². The highest BCUT2D eigenvalue weighted by atomic mass is 16.5. The van der Waals surface area contributed by atoms with E-state index in [-0.39, 0.29) is 0 Å². The molecule has 0 saturated heterocycles. The Labute approximate surface area is 154 Å². The normalized spacial score (nSPS) is 11.2. The molecular weight excluding hydrogens is 328 g/mol. The third-order valence-corrected chi connectivity index (χ3v) is 4.19. The van der Waals surface area contributed by atoms with Crippen molar-refractivity contribution in [2.75, 3.05) is 39.6 Å². The van der Waals surface area contributed by atoms with Gasteiger partial charge in [0.05, 0.1) is 13.2 Å². The van der Waals surface area contributed by atoms with Crippen molar-refractivity contribution in [1.29, 1.82) is 0 Å². The van der Waals surface area contributed by atoms with Gasteiger partial charge >= 0.3 is 0 Å². The van der Waals surface area contributed by atoms with Crippen LogP contribution in [0, 0.1) is 0 Å². The fraction of sp³-hybridized carbons (Fsp3) is 0.364. The van der Waals surface area contributed by atoms with Gasteiger partial charge in [-0.25, -0.2) is 0 Å². The maximum absolute atomic E-state index is 6.13. The molecule has 0 atom stereocenters. The van der Waals surface area contributed by atoms with Crippen LogP contribution in [-0.2, 0) is 9.47 Å². The lowest BCUT2D eigenvalue weighted by atomic mass is 10.0. The Bertz CT molecular complexity index is 717. The summed E-state index contributed by atoms with van der Waals surface area (Å²) in [6.45, 7) is 7.55. The highest BCUT2D eigenvalue weighted by molar-refractivity contribution is 6.11. The van der Waals surface area contributed by atoms with E-state index in [1.54, 1.807) is 0 Å². The number of ether oxygens (including phenoxy) is 4. The standard InChI is InChI=1S/C22H26O4/c1-3-23-13-15-25-21-17-9-5-7-11-19(17)22(26-16-14-24-4-2)20-12-8-6-10-18(20)21/h5-12H,3-4,13-16H2,1-2H3. The van der Waals surface area contributed by atoms with Crippen molar-refractivity contribution < 1.29 is 18.9 Å². The molecule has 0 spiro atoms. The molecule has 0 N–H and O–H groups in total. The molecule has 4 heteroatoms. The Balaban J connectivity index is 2.03. The molecule has 0 aliphatic heterocycles. The summed E-state index contributed by atoms with van der Waals surface area (Å²) in [5.74, 6) is 1.76. The number of benzene rings is 3. The van der Waals surface area contributed by atoms with E-state index < -0.39 is 0 Å². The van der Waals surface area contributed by atoms with Crippen LogP contribution in [0.15, 0.2) is 48.5 Å². The summed E-state index contributed by atoms with van der Waals surface area (Å²) in [4.78, 5) is 0. The third-order valence-electron chi connectivity index (χ3n) is 4.19. The molecule has 0 saturated carbocycles. The highest BCUT2D eigenvalue weighted by Gasteiger charge is 2.15. The molecule has 138 valence electrons. The molecule has 0 aliphatic rings. The summed E-state index contributed by atoms with van der Waals surface area (Å²) in [5.41, 5.74) is 0. The van der Waals surface area contributed by atoms with Gasteiger partial charge in [0, 0.05) is 34.8 Å². The second kappa shape index (κ2) is 9.41. The highest BCUT2D eigenvalue weighted by Crippen LogP contribution is 2.42. The van der Waals surface area contributed by atoms with Gasteiger partial charge < -0.3 is 18.9 Å². The van der Waals surface area contributed by atoms with Crippen LogP contribution in [0.3, 0.4) is 0 Å². The van der Waals surface area contributed by atoms with E-state index in [4.69, 9.17) is 18.9 Å². The van der Waals surface area contributed by atoms with E-state index in [0.29, 0.717) is 39.6 Å². The van der Waals surface area contributed by atoms with Crippen LogP contribution in [0.5, 0.6) is 11.5 Å². The second-order valence-electron chi connectivity index (χ2n) is 5.84. The molecule has 4 nitrogen and oxygen atoms in total. The second-order valence-corrected chi connectivity index (χ2v) is 5.84. The zero-order chi connectivity index (χ0) is 18.2. The predicted octanol–water partition coefficient (Wildman–Crippen LogP) is 4.82. The fourth-order valence-corrected chi connectivity index (χ4v) is 3.05. The molecule has 0 amide bonds. The Kier molecular flexibility index (Phi) is 6.69. The lowest BCUT2D eigenvalue weighted by Crippen LogP contribution is -2.09. The molecule has 26 heavy (non-hydrogen) atoms. The average Bonchev–Trinajstić information content (AvgIpc) is 2.69. The van der Waals surface area contributed by atoms with Crippen LogP contribution in [0.1, 0.15) is 13.8 Å². The van der Waals surface area contributed by atoms with Crippen LogP contribution < -0.4 is 9.47 Å². The van der Waals surface area contributed by atoms with Crippen molar-refractivity contribution in [2.24, 2.45) is 0 Å². The predicted molar refractivity (Wildman–Crippen MR) is 105 cm³/mol. The molecule has 0 aromatic heterocycles. The Morgan fingerprint density at radius 1 is 0.538 bits per heavy atom. The summed E-state index contributed by atoms with van der Waals surface area (Å²) in [6, 6.07) is 16.4. The lowest BCUT2D eigenvalue weighted by molar-refractivity contribution is 0.110. The van der Waals surface area contributed by atoms with Gasteiger partial charge in [0.15, 0.2) is 0 Å². The average molecular weight is 354 g/mol. The van der Waals surface area contributed by atoms with Crippen molar-refractivity contribution in [3.05, 3.63) is 48.5 Å². The molecule has 0 radical (unpaired) electrons. The first-order valence-corrected chi connectivity index (χ1v) is 9.21. The number of hydrogen-bond donors (Lipinski definition) is 0. The molecule has 0 fully saturated rings. The van der Waals surface area contributed by atoms with Crippen molar-refractivity contribution >= 4 is 21.5 Å². The quantitative estimate of drug-likeness (QED) is 0.386. The molecule has 0 aliphatic carbocycles. The van der Waals surface area contributed by atoms with E-state index in [0.717, 1.165) is 33.0 Å². The van der Waals surface area contributed by atoms with Gasteiger partial charge in [-0.15, -0.1) is 0 Å². The minimum atomic E-state index is 0.520. The van der Waals surface area contributed by atoms with Crippen LogP contribution in [-0.4, -0.2) is 39.6 Å². The Morgan fingerprint density at radius 3 is 1.19 bits per heavy atom. The molecule has 3 aromatic rings. The van der Waals surface area contributed by atoms with Gasteiger partial charge in [-0.3, -0.25) is 0 Å². The van der Waals surface area contributed by atoms with E-state index in [1.807, 2.05) is 38.1 Å². The Morgan fingerprint density at radius 2 is 0.885 bits per heavy atom. The molecule has 3 aromatic carbocycles. The zero-order valence-corrected chi connectivity index (χ0v) is 15.5. The zero-order valence-electron chi connectivity index (χ0n) is 15.5. The third kappa shape index (κ3) is 4.09. The van der Waals surface area contributed by atoms with Crippen LogP contribution >= 0.6 is 0 Å². The number of hydrogen-bond acceptors (Lipinski definition) is 4. The molecule has 3 rings (SSSR count). The molecule has 0 bridgehead atoms. The lowest BCUT2D eigenvalue weighted by Gasteiger charge is -2.18. The summed E-state index contributed by atoms with van der Waals surface area (Å²) < 4.78 is 23.1. The van der Waals surface area contributed by atoms with E-state index in [1.165, 1.54) is 0 Å². The Hall–Kier alpha value is -2.30. The first kappa shape index (κ1) is 18.5. The van der Waals surface area contributed by atoms with Gasteiger partial charge in [0.1, 0.15) is 24.7 Å². The van der Waals surface area contributed by atoms with E-state index >= 15 is 0 Å². The van der Waals surface area contributed by atoms with Gasteiger partial charge in [-0.1, -0.05) is 48.5 Å². The fourth-order valence-electron chi connectivity index (χ4n) is 3.05. The summed E-state index contributed by atoms with van der Waals surface area (Å²) >= 11 is 0. The van der Waals surface area contributed by atoms with Crippen LogP contribution in [0.2, 0.25) is 0 Å².